The van der Waals surface area contributed by atoms with Crippen LogP contribution in [0.1, 0.15) is 24.0 Å². The summed E-state index contributed by atoms with van der Waals surface area (Å²) in [6.07, 6.45) is 2.12. The Balaban J connectivity index is 1.73. The van der Waals surface area contributed by atoms with Crippen molar-refractivity contribution in [3.05, 3.63) is 35.1 Å². The molecule has 1 saturated heterocycles. The van der Waals surface area contributed by atoms with Crippen LogP contribution in [0.4, 0.5) is 4.39 Å². The molecule has 0 unspecified atom stereocenters. The minimum Gasteiger partial charge on any atom is -0.351 e. The van der Waals surface area contributed by atoms with E-state index in [0.717, 1.165) is 38.0 Å². The zero-order valence-corrected chi connectivity index (χ0v) is 12.6. The van der Waals surface area contributed by atoms with Crippen molar-refractivity contribution in [2.75, 3.05) is 26.2 Å². The van der Waals surface area contributed by atoms with Crippen molar-refractivity contribution in [2.24, 2.45) is 11.7 Å². The quantitative estimate of drug-likeness (QED) is 0.863. The molecule has 0 radical (unpaired) electrons. The Morgan fingerprint density at radius 3 is 2.76 bits per heavy atom. The van der Waals surface area contributed by atoms with E-state index in [9.17, 15) is 9.18 Å². The fraction of sp³-hybridized carbons (Fsp3) is 0.562. The summed E-state index contributed by atoms with van der Waals surface area (Å²) in [5.41, 5.74) is 7.06. The topological polar surface area (TPSA) is 58.4 Å². The highest BCUT2D eigenvalue weighted by Crippen LogP contribution is 2.15. The Labute approximate surface area is 125 Å². The van der Waals surface area contributed by atoms with Gasteiger partial charge in [0.15, 0.2) is 0 Å². The van der Waals surface area contributed by atoms with Gasteiger partial charge in [0.25, 0.3) is 0 Å². The molecule has 1 aliphatic rings. The number of likely N-dealkylation sites (tertiary alicyclic amines) is 1. The predicted molar refractivity (Wildman–Crippen MR) is 81.2 cm³/mol. The normalized spacial score (nSPS) is 16.9. The van der Waals surface area contributed by atoms with E-state index in [1.54, 1.807) is 13.0 Å². The summed E-state index contributed by atoms with van der Waals surface area (Å²) in [6.45, 7) is 5.09. The molecule has 0 saturated carbocycles. The number of carbonyl (C=O) groups is 1. The van der Waals surface area contributed by atoms with Gasteiger partial charge in [-0.2, -0.15) is 0 Å². The molecule has 0 aliphatic carbocycles. The molecule has 1 heterocycles. The van der Waals surface area contributed by atoms with Crippen molar-refractivity contribution in [3.63, 3.8) is 0 Å². The molecular formula is C16H24FN3O. The minimum atomic E-state index is -0.231. The fourth-order valence-electron chi connectivity index (χ4n) is 2.59. The molecule has 2 rings (SSSR count). The van der Waals surface area contributed by atoms with E-state index in [0.29, 0.717) is 24.6 Å². The summed E-state index contributed by atoms with van der Waals surface area (Å²) in [4.78, 5) is 14.1. The number of aryl methyl sites for hydroxylation is 1. The smallest absolute Gasteiger partial charge is 0.234 e. The van der Waals surface area contributed by atoms with Gasteiger partial charge in [-0.3, -0.25) is 9.69 Å². The highest BCUT2D eigenvalue weighted by atomic mass is 19.1. The number of hydrogen-bond donors (Lipinski definition) is 2. The highest BCUT2D eigenvalue weighted by molar-refractivity contribution is 5.78. The summed E-state index contributed by atoms with van der Waals surface area (Å²) < 4.78 is 13.4. The average molecular weight is 293 g/mol. The molecule has 0 bridgehead atoms. The number of amides is 1. The predicted octanol–water partition coefficient (Wildman–Crippen LogP) is 1.42. The molecule has 116 valence electrons. The van der Waals surface area contributed by atoms with E-state index in [1.807, 2.05) is 6.07 Å². The Bertz CT molecular complexity index is 484. The molecule has 1 fully saturated rings. The SMILES string of the molecule is Cc1ccc(CNC(=O)CN2CCC(CN)CC2)cc1F. The summed E-state index contributed by atoms with van der Waals surface area (Å²) in [7, 11) is 0. The number of benzene rings is 1. The van der Waals surface area contributed by atoms with Gasteiger partial charge in [-0.25, -0.2) is 4.39 Å². The molecule has 5 heteroatoms. The van der Waals surface area contributed by atoms with Crippen LogP contribution in [0.5, 0.6) is 0 Å². The van der Waals surface area contributed by atoms with E-state index in [2.05, 4.69) is 10.2 Å². The van der Waals surface area contributed by atoms with Gasteiger partial charge < -0.3 is 11.1 Å². The Morgan fingerprint density at radius 2 is 2.14 bits per heavy atom. The Kier molecular flexibility index (Phi) is 5.70. The van der Waals surface area contributed by atoms with Crippen molar-refractivity contribution >= 4 is 5.91 Å². The lowest BCUT2D eigenvalue weighted by Gasteiger charge is -2.30. The fourth-order valence-corrected chi connectivity index (χ4v) is 2.59. The number of nitrogens with zero attached hydrogens (tertiary/aromatic N) is 1. The van der Waals surface area contributed by atoms with Gasteiger partial charge in [0.2, 0.25) is 5.91 Å². The summed E-state index contributed by atoms with van der Waals surface area (Å²) >= 11 is 0. The zero-order valence-electron chi connectivity index (χ0n) is 12.6. The van der Waals surface area contributed by atoms with Gasteiger partial charge in [0.05, 0.1) is 6.54 Å². The maximum atomic E-state index is 13.4. The standard InChI is InChI=1S/C16H24FN3O/c1-12-2-3-14(8-15(12)17)10-19-16(21)11-20-6-4-13(9-18)5-7-20/h2-3,8,13H,4-7,9-11,18H2,1H3,(H,19,21). The summed E-state index contributed by atoms with van der Waals surface area (Å²) in [5.74, 6) is 0.354. The zero-order chi connectivity index (χ0) is 15.2. The van der Waals surface area contributed by atoms with Crippen molar-refractivity contribution in [2.45, 2.75) is 26.3 Å². The molecule has 0 atom stereocenters. The molecule has 1 amide bonds. The largest absolute Gasteiger partial charge is 0.351 e. The minimum absolute atomic E-state index is 0.0119. The van der Waals surface area contributed by atoms with E-state index in [1.165, 1.54) is 6.07 Å². The van der Waals surface area contributed by atoms with E-state index >= 15 is 0 Å². The first kappa shape index (κ1) is 15.9. The molecule has 21 heavy (non-hydrogen) atoms. The van der Waals surface area contributed by atoms with Crippen LogP contribution in [0.15, 0.2) is 18.2 Å². The lowest BCUT2D eigenvalue weighted by Crippen LogP contribution is -2.42. The van der Waals surface area contributed by atoms with Crippen LogP contribution < -0.4 is 11.1 Å². The second-order valence-corrected chi connectivity index (χ2v) is 5.82. The van der Waals surface area contributed by atoms with Gasteiger partial charge >= 0.3 is 0 Å². The Morgan fingerprint density at radius 1 is 1.43 bits per heavy atom. The number of halogens is 1. The van der Waals surface area contributed by atoms with Crippen LogP contribution in [-0.2, 0) is 11.3 Å². The molecule has 3 N–H and O–H groups in total. The van der Waals surface area contributed by atoms with Crippen LogP contribution in [0.3, 0.4) is 0 Å². The second kappa shape index (κ2) is 7.52. The number of hydrogen-bond acceptors (Lipinski definition) is 3. The molecular weight excluding hydrogens is 269 g/mol. The van der Waals surface area contributed by atoms with Crippen LogP contribution in [0.2, 0.25) is 0 Å². The lowest BCUT2D eigenvalue weighted by molar-refractivity contribution is -0.122. The third-order valence-electron chi connectivity index (χ3n) is 4.13. The molecule has 1 aliphatic heterocycles. The number of nitrogens with two attached hydrogens (primary N) is 1. The van der Waals surface area contributed by atoms with Crippen LogP contribution in [0, 0.1) is 18.7 Å². The lowest BCUT2D eigenvalue weighted by atomic mass is 9.97. The first-order chi connectivity index (χ1) is 10.1. The maximum absolute atomic E-state index is 13.4. The number of rotatable bonds is 5. The molecule has 1 aromatic rings. The molecule has 0 aromatic heterocycles. The van der Waals surface area contributed by atoms with E-state index in [4.69, 9.17) is 5.73 Å². The van der Waals surface area contributed by atoms with E-state index in [-0.39, 0.29) is 11.7 Å². The van der Waals surface area contributed by atoms with Gasteiger partial charge in [0, 0.05) is 6.54 Å². The van der Waals surface area contributed by atoms with Crippen LogP contribution in [-0.4, -0.2) is 37.0 Å². The van der Waals surface area contributed by atoms with Crippen LogP contribution >= 0.6 is 0 Å². The van der Waals surface area contributed by atoms with Gasteiger partial charge in [-0.1, -0.05) is 12.1 Å². The van der Waals surface area contributed by atoms with Crippen molar-refractivity contribution < 1.29 is 9.18 Å². The van der Waals surface area contributed by atoms with Gasteiger partial charge in [-0.15, -0.1) is 0 Å². The van der Waals surface area contributed by atoms with E-state index < -0.39 is 0 Å². The van der Waals surface area contributed by atoms with Crippen LogP contribution in [0.25, 0.3) is 0 Å². The average Bonchev–Trinajstić information content (AvgIpc) is 2.49. The number of carbonyl (C=O) groups excluding carboxylic acids is 1. The third-order valence-corrected chi connectivity index (χ3v) is 4.13. The first-order valence-electron chi connectivity index (χ1n) is 7.52. The van der Waals surface area contributed by atoms with Crippen molar-refractivity contribution in [1.82, 2.24) is 10.2 Å². The molecule has 1 aromatic carbocycles. The molecule has 4 nitrogen and oxygen atoms in total. The number of piperidine rings is 1. The van der Waals surface area contributed by atoms with Gasteiger partial charge in [0.1, 0.15) is 5.82 Å². The second-order valence-electron chi connectivity index (χ2n) is 5.82. The third kappa shape index (κ3) is 4.79. The first-order valence-corrected chi connectivity index (χ1v) is 7.52. The maximum Gasteiger partial charge on any atom is 0.234 e. The highest BCUT2D eigenvalue weighted by Gasteiger charge is 2.19. The summed E-state index contributed by atoms with van der Waals surface area (Å²) in [5, 5.41) is 2.85. The van der Waals surface area contributed by atoms with Gasteiger partial charge in [-0.05, 0) is 62.5 Å². The summed E-state index contributed by atoms with van der Waals surface area (Å²) in [6, 6.07) is 5.04. The Hall–Kier alpha value is -1.46. The van der Waals surface area contributed by atoms with Crippen molar-refractivity contribution in [1.29, 1.82) is 0 Å². The monoisotopic (exact) mass is 293 g/mol. The molecule has 0 spiro atoms. The van der Waals surface area contributed by atoms with Crippen molar-refractivity contribution in [3.8, 4) is 0 Å². The number of nitrogens with one attached hydrogen (secondary N) is 1.